The second-order valence-corrected chi connectivity index (χ2v) is 5.34. The third kappa shape index (κ3) is 2.24. The third-order valence-corrected chi connectivity index (χ3v) is 3.91. The molecule has 0 saturated carbocycles. The SMILES string of the molecule is Cc1ccc2c(c1)[C@H](Cc1ccccc1Cl)C(=O)N2. The number of hydrogen-bond acceptors (Lipinski definition) is 1. The van der Waals surface area contributed by atoms with E-state index < -0.39 is 0 Å². The molecule has 0 spiro atoms. The monoisotopic (exact) mass is 271 g/mol. The number of amides is 1. The average molecular weight is 272 g/mol. The van der Waals surface area contributed by atoms with E-state index in [-0.39, 0.29) is 11.8 Å². The normalized spacial score (nSPS) is 17.2. The van der Waals surface area contributed by atoms with Gasteiger partial charge < -0.3 is 5.32 Å². The maximum Gasteiger partial charge on any atom is 0.232 e. The Bertz CT molecular complexity index is 651. The van der Waals surface area contributed by atoms with Crippen LogP contribution < -0.4 is 5.32 Å². The fourth-order valence-corrected chi connectivity index (χ4v) is 2.74. The first-order chi connectivity index (χ1) is 9.15. The molecule has 1 amide bonds. The van der Waals surface area contributed by atoms with Crippen molar-refractivity contribution in [2.45, 2.75) is 19.3 Å². The summed E-state index contributed by atoms with van der Waals surface area (Å²) in [5.41, 5.74) is 4.18. The number of fused-ring (bicyclic) bond motifs is 1. The highest BCUT2D eigenvalue weighted by Crippen LogP contribution is 2.36. The Hall–Kier alpha value is -1.80. The van der Waals surface area contributed by atoms with E-state index >= 15 is 0 Å². The zero-order valence-electron chi connectivity index (χ0n) is 10.6. The summed E-state index contributed by atoms with van der Waals surface area (Å²) in [5.74, 6) is -0.0877. The van der Waals surface area contributed by atoms with Gasteiger partial charge >= 0.3 is 0 Å². The summed E-state index contributed by atoms with van der Waals surface area (Å²) in [4.78, 5) is 12.1. The highest BCUT2D eigenvalue weighted by Gasteiger charge is 2.30. The molecule has 1 aliphatic heterocycles. The molecule has 0 aliphatic carbocycles. The third-order valence-electron chi connectivity index (χ3n) is 3.54. The molecule has 2 aromatic rings. The summed E-state index contributed by atoms with van der Waals surface area (Å²) in [6, 6.07) is 13.7. The first kappa shape index (κ1) is 12.2. The van der Waals surface area contributed by atoms with Crippen LogP contribution in [0.25, 0.3) is 0 Å². The zero-order chi connectivity index (χ0) is 13.4. The Morgan fingerprint density at radius 2 is 2.00 bits per heavy atom. The molecule has 1 N–H and O–H groups in total. The Kier molecular flexibility index (Phi) is 3.03. The first-order valence-electron chi connectivity index (χ1n) is 6.30. The van der Waals surface area contributed by atoms with Crippen LogP contribution in [0.1, 0.15) is 22.6 Å². The standard InChI is InChI=1S/C16H14ClNO/c1-10-6-7-15-12(8-10)13(16(19)18-15)9-11-4-2-3-5-14(11)17/h2-8,13H,9H2,1H3,(H,18,19)/t13-/m0/s1. The minimum absolute atomic E-state index is 0.0560. The summed E-state index contributed by atoms with van der Waals surface area (Å²) < 4.78 is 0. The van der Waals surface area contributed by atoms with Crippen molar-refractivity contribution in [3.63, 3.8) is 0 Å². The van der Waals surface area contributed by atoms with Gasteiger partial charge in [0.25, 0.3) is 0 Å². The molecule has 1 atom stereocenters. The molecule has 19 heavy (non-hydrogen) atoms. The van der Waals surface area contributed by atoms with Gasteiger partial charge in [-0.15, -0.1) is 0 Å². The molecule has 3 rings (SSSR count). The fourth-order valence-electron chi connectivity index (χ4n) is 2.53. The van der Waals surface area contributed by atoms with E-state index in [1.807, 2.05) is 43.3 Å². The Labute approximate surface area is 117 Å². The van der Waals surface area contributed by atoms with Crippen molar-refractivity contribution >= 4 is 23.2 Å². The van der Waals surface area contributed by atoms with E-state index in [2.05, 4.69) is 11.4 Å². The first-order valence-corrected chi connectivity index (χ1v) is 6.68. The number of carbonyl (C=O) groups is 1. The van der Waals surface area contributed by atoms with Gasteiger partial charge in [0.2, 0.25) is 5.91 Å². The lowest BCUT2D eigenvalue weighted by atomic mass is 9.92. The van der Waals surface area contributed by atoms with E-state index in [9.17, 15) is 4.79 Å². The molecular formula is C16H14ClNO. The summed E-state index contributed by atoms with van der Waals surface area (Å²) in [6.07, 6.45) is 0.641. The van der Waals surface area contributed by atoms with Crippen molar-refractivity contribution in [3.8, 4) is 0 Å². The van der Waals surface area contributed by atoms with E-state index in [1.165, 1.54) is 5.56 Å². The number of anilines is 1. The van der Waals surface area contributed by atoms with Crippen LogP contribution in [0.4, 0.5) is 5.69 Å². The largest absolute Gasteiger partial charge is 0.325 e. The second-order valence-electron chi connectivity index (χ2n) is 4.93. The number of carbonyl (C=O) groups excluding carboxylic acids is 1. The van der Waals surface area contributed by atoms with Crippen LogP contribution >= 0.6 is 11.6 Å². The lowest BCUT2D eigenvalue weighted by molar-refractivity contribution is -0.117. The number of halogens is 1. The maximum absolute atomic E-state index is 12.1. The van der Waals surface area contributed by atoms with Gasteiger partial charge in [0, 0.05) is 10.7 Å². The van der Waals surface area contributed by atoms with Crippen molar-refractivity contribution in [2.75, 3.05) is 5.32 Å². The van der Waals surface area contributed by atoms with Crippen LogP contribution in [0.3, 0.4) is 0 Å². The quantitative estimate of drug-likeness (QED) is 0.881. The fraction of sp³-hybridized carbons (Fsp3) is 0.188. The predicted molar refractivity (Wildman–Crippen MR) is 77.7 cm³/mol. The topological polar surface area (TPSA) is 29.1 Å². The minimum Gasteiger partial charge on any atom is -0.325 e. The second kappa shape index (κ2) is 4.71. The average Bonchev–Trinajstić information content (AvgIpc) is 2.69. The van der Waals surface area contributed by atoms with Gasteiger partial charge in [0.1, 0.15) is 0 Å². The molecule has 1 aliphatic rings. The molecule has 96 valence electrons. The van der Waals surface area contributed by atoms with Gasteiger partial charge in [-0.2, -0.15) is 0 Å². The number of hydrogen-bond donors (Lipinski definition) is 1. The molecule has 0 saturated heterocycles. The summed E-state index contributed by atoms with van der Waals surface area (Å²) in [6.45, 7) is 2.04. The number of benzene rings is 2. The Morgan fingerprint density at radius 1 is 1.21 bits per heavy atom. The summed E-state index contributed by atoms with van der Waals surface area (Å²) in [5, 5.41) is 3.65. The molecule has 1 heterocycles. The molecule has 0 radical (unpaired) electrons. The minimum atomic E-state index is -0.144. The molecule has 0 unspecified atom stereocenters. The molecule has 2 nitrogen and oxygen atoms in total. The van der Waals surface area contributed by atoms with Crippen LogP contribution in [0, 0.1) is 6.92 Å². The summed E-state index contributed by atoms with van der Waals surface area (Å²) >= 11 is 6.18. The number of nitrogens with one attached hydrogen (secondary N) is 1. The predicted octanol–water partition coefficient (Wildman–Crippen LogP) is 3.93. The van der Waals surface area contributed by atoms with Crippen LogP contribution in [0.15, 0.2) is 42.5 Å². The van der Waals surface area contributed by atoms with Crippen LogP contribution in [0.2, 0.25) is 5.02 Å². The van der Waals surface area contributed by atoms with Gasteiger partial charge in [0.05, 0.1) is 5.92 Å². The van der Waals surface area contributed by atoms with Gasteiger partial charge in [0.15, 0.2) is 0 Å². The van der Waals surface area contributed by atoms with Crippen LogP contribution in [0.5, 0.6) is 0 Å². The van der Waals surface area contributed by atoms with Crippen molar-refractivity contribution in [3.05, 3.63) is 64.2 Å². The Morgan fingerprint density at radius 3 is 2.79 bits per heavy atom. The van der Waals surface area contributed by atoms with E-state index in [0.29, 0.717) is 6.42 Å². The van der Waals surface area contributed by atoms with Crippen molar-refractivity contribution in [1.82, 2.24) is 0 Å². The summed E-state index contributed by atoms with van der Waals surface area (Å²) in [7, 11) is 0. The number of rotatable bonds is 2. The van der Waals surface area contributed by atoms with Crippen LogP contribution in [-0.2, 0) is 11.2 Å². The number of aryl methyl sites for hydroxylation is 1. The lowest BCUT2D eigenvalue weighted by Crippen LogP contribution is -2.14. The van der Waals surface area contributed by atoms with Crippen molar-refractivity contribution < 1.29 is 4.79 Å². The van der Waals surface area contributed by atoms with E-state index in [0.717, 1.165) is 21.8 Å². The van der Waals surface area contributed by atoms with Crippen LogP contribution in [-0.4, -0.2) is 5.91 Å². The highest BCUT2D eigenvalue weighted by atomic mass is 35.5. The lowest BCUT2D eigenvalue weighted by Gasteiger charge is -2.10. The molecule has 2 aromatic carbocycles. The molecule has 3 heteroatoms. The molecule has 0 fully saturated rings. The van der Waals surface area contributed by atoms with Crippen molar-refractivity contribution in [1.29, 1.82) is 0 Å². The Balaban J connectivity index is 1.97. The van der Waals surface area contributed by atoms with Gasteiger partial charge in [-0.05, 0) is 36.6 Å². The smallest absolute Gasteiger partial charge is 0.232 e. The zero-order valence-corrected chi connectivity index (χ0v) is 11.4. The van der Waals surface area contributed by atoms with Gasteiger partial charge in [-0.3, -0.25) is 4.79 Å². The van der Waals surface area contributed by atoms with Gasteiger partial charge in [-0.1, -0.05) is 47.5 Å². The van der Waals surface area contributed by atoms with Crippen molar-refractivity contribution in [2.24, 2.45) is 0 Å². The van der Waals surface area contributed by atoms with E-state index in [1.54, 1.807) is 0 Å². The van der Waals surface area contributed by atoms with E-state index in [4.69, 9.17) is 11.6 Å². The molecular weight excluding hydrogens is 258 g/mol. The van der Waals surface area contributed by atoms with Gasteiger partial charge in [-0.25, -0.2) is 0 Å². The molecule has 0 aromatic heterocycles. The molecule has 0 bridgehead atoms. The highest BCUT2D eigenvalue weighted by molar-refractivity contribution is 6.31. The maximum atomic E-state index is 12.1.